The predicted molar refractivity (Wildman–Crippen MR) is 42.4 cm³/mol. The Bertz CT molecular complexity index is 353. The van der Waals surface area contributed by atoms with Crippen LogP contribution < -0.4 is 0 Å². The van der Waals surface area contributed by atoms with Crippen LogP contribution >= 0.6 is 12.6 Å². The van der Waals surface area contributed by atoms with Gasteiger partial charge in [0.15, 0.2) is 0 Å². The fourth-order valence-corrected chi connectivity index (χ4v) is 1.19. The van der Waals surface area contributed by atoms with Gasteiger partial charge in [0, 0.05) is 11.1 Å². The molecule has 2 aromatic heterocycles. The van der Waals surface area contributed by atoms with Crippen molar-refractivity contribution >= 4 is 18.1 Å². The summed E-state index contributed by atoms with van der Waals surface area (Å²) >= 11 is 4.26. The molecule has 0 aromatic carbocycles. The second-order valence-corrected chi connectivity index (χ2v) is 2.56. The van der Waals surface area contributed by atoms with Gasteiger partial charge in [0.1, 0.15) is 0 Å². The van der Waals surface area contributed by atoms with Crippen molar-refractivity contribution in [2.24, 2.45) is 0 Å². The summed E-state index contributed by atoms with van der Waals surface area (Å²) in [4.78, 5) is 4.93. The molecule has 0 fully saturated rings. The molecule has 0 aliphatic heterocycles. The summed E-state index contributed by atoms with van der Waals surface area (Å²) in [6.45, 7) is 0. The lowest BCUT2D eigenvalue weighted by atomic mass is 10.4. The summed E-state index contributed by atoms with van der Waals surface area (Å²) in [5, 5.41) is 0. The van der Waals surface area contributed by atoms with Gasteiger partial charge in [-0.25, -0.2) is 4.98 Å². The van der Waals surface area contributed by atoms with Gasteiger partial charge >= 0.3 is 0 Å². The van der Waals surface area contributed by atoms with Gasteiger partial charge in [-0.15, -0.1) is 12.6 Å². The van der Waals surface area contributed by atoms with Gasteiger partial charge in [-0.3, -0.25) is 0 Å². The Hall–Kier alpha value is -0.960. The smallest absolute Gasteiger partial charge is 0.0992 e. The lowest BCUT2D eigenvalue weighted by Crippen LogP contribution is -1.79. The van der Waals surface area contributed by atoms with E-state index in [0.29, 0.717) is 0 Å². The molecular formula is C7H6N2S. The standard InChI is InChI=1S/C7H6N2S/c10-7-2-1-3-9-5-8-4-6(7)9/h1-5,10H. The molecule has 0 saturated carbocycles. The first-order valence-electron chi connectivity index (χ1n) is 2.97. The number of pyridine rings is 1. The molecule has 0 saturated heterocycles. The number of aromatic nitrogens is 2. The van der Waals surface area contributed by atoms with Crippen LogP contribution in [0, 0.1) is 0 Å². The first-order chi connectivity index (χ1) is 4.88. The van der Waals surface area contributed by atoms with Crippen molar-refractivity contribution in [3.05, 3.63) is 30.9 Å². The third-order valence-electron chi connectivity index (χ3n) is 1.43. The fourth-order valence-electron chi connectivity index (χ4n) is 0.934. The third kappa shape index (κ3) is 0.708. The van der Waals surface area contributed by atoms with Gasteiger partial charge < -0.3 is 4.40 Å². The van der Waals surface area contributed by atoms with Gasteiger partial charge in [-0.2, -0.15) is 0 Å². The van der Waals surface area contributed by atoms with E-state index in [0.717, 1.165) is 10.4 Å². The second kappa shape index (κ2) is 2.02. The molecule has 0 radical (unpaired) electrons. The predicted octanol–water partition coefficient (Wildman–Crippen LogP) is 1.62. The molecule has 2 nitrogen and oxygen atoms in total. The van der Waals surface area contributed by atoms with Gasteiger partial charge in [0.2, 0.25) is 0 Å². The van der Waals surface area contributed by atoms with E-state index >= 15 is 0 Å². The molecule has 0 spiro atoms. The molecule has 2 aromatic rings. The van der Waals surface area contributed by atoms with E-state index in [1.165, 1.54) is 0 Å². The molecule has 0 atom stereocenters. The molecule has 2 heterocycles. The topological polar surface area (TPSA) is 17.3 Å². The zero-order valence-corrected chi connectivity index (χ0v) is 6.12. The Morgan fingerprint density at radius 3 is 3.20 bits per heavy atom. The minimum atomic E-state index is 0.958. The van der Waals surface area contributed by atoms with Crippen LogP contribution in [0.15, 0.2) is 35.7 Å². The average molecular weight is 150 g/mol. The Kier molecular flexibility index (Phi) is 1.17. The number of nitrogens with zero attached hydrogens (tertiary/aromatic N) is 2. The number of imidazole rings is 1. The maximum Gasteiger partial charge on any atom is 0.0992 e. The minimum Gasteiger partial charge on any atom is -0.305 e. The van der Waals surface area contributed by atoms with E-state index in [2.05, 4.69) is 17.6 Å². The molecule has 0 bridgehead atoms. The highest BCUT2D eigenvalue weighted by Gasteiger charge is 1.93. The van der Waals surface area contributed by atoms with E-state index < -0.39 is 0 Å². The monoisotopic (exact) mass is 150 g/mol. The molecule has 0 amide bonds. The summed E-state index contributed by atoms with van der Waals surface area (Å²) in [6, 6.07) is 3.89. The average Bonchev–Trinajstić information content (AvgIpc) is 2.36. The van der Waals surface area contributed by atoms with Gasteiger partial charge in [0.05, 0.1) is 18.0 Å². The van der Waals surface area contributed by atoms with Crippen LogP contribution in [-0.4, -0.2) is 9.38 Å². The fraction of sp³-hybridized carbons (Fsp3) is 0. The minimum absolute atomic E-state index is 0.958. The quantitative estimate of drug-likeness (QED) is 0.565. The first kappa shape index (κ1) is 5.80. The zero-order chi connectivity index (χ0) is 6.97. The molecule has 0 aliphatic carbocycles. The molecule has 3 heteroatoms. The molecule has 0 N–H and O–H groups in total. The summed E-state index contributed by atoms with van der Waals surface area (Å²) in [5.41, 5.74) is 1.05. The normalized spacial score (nSPS) is 10.5. The van der Waals surface area contributed by atoms with Crippen molar-refractivity contribution < 1.29 is 0 Å². The third-order valence-corrected chi connectivity index (χ3v) is 1.81. The number of hydrogen-bond acceptors (Lipinski definition) is 2. The van der Waals surface area contributed by atoms with Crippen LogP contribution in [0.2, 0.25) is 0 Å². The van der Waals surface area contributed by atoms with E-state index in [-0.39, 0.29) is 0 Å². The van der Waals surface area contributed by atoms with Gasteiger partial charge in [-0.05, 0) is 12.1 Å². The number of thiol groups is 1. The van der Waals surface area contributed by atoms with Crippen LogP contribution in [0.1, 0.15) is 0 Å². The number of rotatable bonds is 0. The second-order valence-electron chi connectivity index (χ2n) is 2.08. The Morgan fingerprint density at radius 1 is 1.50 bits per heavy atom. The molecule has 0 aliphatic rings. The van der Waals surface area contributed by atoms with Crippen molar-refractivity contribution in [3.8, 4) is 0 Å². The molecule has 10 heavy (non-hydrogen) atoms. The highest BCUT2D eigenvalue weighted by molar-refractivity contribution is 7.80. The maximum atomic E-state index is 4.26. The summed E-state index contributed by atoms with van der Waals surface area (Å²) in [7, 11) is 0. The Morgan fingerprint density at radius 2 is 2.40 bits per heavy atom. The van der Waals surface area contributed by atoms with Crippen LogP contribution in [0.3, 0.4) is 0 Å². The van der Waals surface area contributed by atoms with E-state index in [9.17, 15) is 0 Å². The Balaban J connectivity index is 2.95. The van der Waals surface area contributed by atoms with Gasteiger partial charge in [0.25, 0.3) is 0 Å². The summed E-state index contributed by atoms with van der Waals surface area (Å²) in [6.07, 6.45) is 5.50. The van der Waals surface area contributed by atoms with E-state index in [4.69, 9.17) is 0 Å². The largest absolute Gasteiger partial charge is 0.305 e. The first-order valence-corrected chi connectivity index (χ1v) is 3.42. The van der Waals surface area contributed by atoms with Crippen LogP contribution in [-0.2, 0) is 0 Å². The maximum absolute atomic E-state index is 4.26. The van der Waals surface area contributed by atoms with Crippen molar-refractivity contribution in [1.82, 2.24) is 9.38 Å². The van der Waals surface area contributed by atoms with Crippen LogP contribution in [0.4, 0.5) is 0 Å². The van der Waals surface area contributed by atoms with Crippen molar-refractivity contribution in [2.75, 3.05) is 0 Å². The Labute approximate surface area is 63.9 Å². The van der Waals surface area contributed by atoms with E-state index in [1.54, 1.807) is 12.5 Å². The summed E-state index contributed by atoms with van der Waals surface area (Å²) in [5.74, 6) is 0. The van der Waals surface area contributed by atoms with Crippen molar-refractivity contribution in [3.63, 3.8) is 0 Å². The van der Waals surface area contributed by atoms with Crippen LogP contribution in [0.25, 0.3) is 5.52 Å². The molecule has 50 valence electrons. The highest BCUT2D eigenvalue weighted by atomic mass is 32.1. The number of hydrogen-bond donors (Lipinski definition) is 1. The lowest BCUT2D eigenvalue weighted by Gasteiger charge is -1.93. The van der Waals surface area contributed by atoms with E-state index in [1.807, 2.05) is 22.7 Å². The summed E-state index contributed by atoms with van der Waals surface area (Å²) < 4.78 is 1.93. The highest BCUT2D eigenvalue weighted by Crippen LogP contribution is 2.12. The molecule has 2 rings (SSSR count). The van der Waals surface area contributed by atoms with Gasteiger partial charge in [-0.1, -0.05) is 0 Å². The molecular weight excluding hydrogens is 144 g/mol. The molecule has 0 unspecified atom stereocenters. The SMILES string of the molecule is Sc1cccn2cncc12. The number of fused-ring (bicyclic) bond motifs is 1. The lowest BCUT2D eigenvalue weighted by molar-refractivity contribution is 1.13. The zero-order valence-electron chi connectivity index (χ0n) is 5.23. The van der Waals surface area contributed by atoms with Crippen molar-refractivity contribution in [2.45, 2.75) is 4.90 Å². The van der Waals surface area contributed by atoms with Crippen LogP contribution in [0.5, 0.6) is 0 Å². The van der Waals surface area contributed by atoms with Crippen molar-refractivity contribution in [1.29, 1.82) is 0 Å².